The van der Waals surface area contributed by atoms with Gasteiger partial charge in [-0.2, -0.15) is 0 Å². The van der Waals surface area contributed by atoms with E-state index in [1.165, 1.54) is 42.5 Å². The molecule has 1 spiro atoms. The largest absolute Gasteiger partial charge is 0.391 e. The van der Waals surface area contributed by atoms with Crippen molar-refractivity contribution in [2.45, 2.75) is 121 Å². The molecule has 1 aromatic rings. The molecule has 0 radical (unpaired) electrons. The Labute approximate surface area is 265 Å². The Bertz CT molecular complexity index is 1310. The molecule has 0 saturated heterocycles. The van der Waals surface area contributed by atoms with E-state index in [4.69, 9.17) is 4.74 Å². The van der Waals surface area contributed by atoms with Crippen molar-refractivity contribution in [1.82, 2.24) is 0 Å². The number of aryl methyl sites for hydroxylation is 1. The highest BCUT2D eigenvalue weighted by atomic mass is 33.1. The lowest BCUT2D eigenvalue weighted by molar-refractivity contribution is -0.186. The van der Waals surface area contributed by atoms with Crippen molar-refractivity contribution in [2.24, 2.45) is 45.8 Å². The van der Waals surface area contributed by atoms with Crippen LogP contribution in [0.15, 0.2) is 18.2 Å². The first-order valence-corrected chi connectivity index (χ1v) is 19.6. The van der Waals surface area contributed by atoms with E-state index in [2.05, 4.69) is 55.1 Å². The van der Waals surface area contributed by atoms with E-state index in [9.17, 15) is 15.0 Å². The number of methoxy groups -OCH3 is 1. The van der Waals surface area contributed by atoms with Crippen molar-refractivity contribution in [3.8, 4) is 0 Å². The molecule has 6 saturated carbocycles. The maximum Gasteiger partial charge on any atom is 0.141 e. The minimum atomic E-state index is -1.05. The van der Waals surface area contributed by atoms with Gasteiger partial charge in [0.25, 0.3) is 0 Å². The molecule has 43 heavy (non-hydrogen) atoms. The number of fused-ring (bicyclic) bond motifs is 6. The summed E-state index contributed by atoms with van der Waals surface area (Å²) in [6, 6.07) is 7.19. The van der Waals surface area contributed by atoms with Gasteiger partial charge in [-0.25, -0.2) is 0 Å². The standard InChI is InChI=1S/C36H51NO4S2/c1-5-21-10-9-20-13-23-17-35(18-24(23)19-42-43-28-8-6-7-26(38)32(28)37-25(21)14-20)12-11-22-16-33(2)34(35,3)30(22)31-27(39)15-29(41-4)36(31,33)40/h9-10,14,22-24,26,28-32,37-38,40H,5-8,11-13,15-19H2,1-4H3/t22-,23-,24+,26-,28-,29+,30+,31-,32+,33-,34+,35+,36-/m1/s1. The Morgan fingerprint density at radius 1 is 1.07 bits per heavy atom. The summed E-state index contributed by atoms with van der Waals surface area (Å²) in [5.74, 6) is 3.18. The molecular weight excluding hydrogens is 575 g/mol. The molecule has 6 fully saturated rings. The van der Waals surface area contributed by atoms with Crippen LogP contribution in [0, 0.1) is 45.8 Å². The summed E-state index contributed by atoms with van der Waals surface area (Å²) in [5, 5.41) is 28.0. The van der Waals surface area contributed by atoms with Gasteiger partial charge in [0.2, 0.25) is 0 Å². The highest BCUT2D eigenvalue weighted by molar-refractivity contribution is 8.77. The number of aliphatic hydroxyl groups is 2. The van der Waals surface area contributed by atoms with Crippen LogP contribution < -0.4 is 5.32 Å². The number of Topliss-reactive ketones (excluding diaryl/α,β-unsaturated/α-hetero) is 1. The molecule has 1 aliphatic heterocycles. The molecule has 8 rings (SSSR count). The van der Waals surface area contributed by atoms with Crippen LogP contribution in [-0.2, 0) is 22.4 Å². The molecule has 7 aliphatic rings. The van der Waals surface area contributed by atoms with Crippen LogP contribution in [0.3, 0.4) is 0 Å². The molecule has 13 atom stereocenters. The fraction of sp³-hybridized carbons (Fsp3) is 0.806. The second-order valence-electron chi connectivity index (χ2n) is 16.1. The molecule has 0 amide bonds. The zero-order chi connectivity index (χ0) is 29.9. The molecule has 7 heteroatoms. The van der Waals surface area contributed by atoms with E-state index in [-0.39, 0.29) is 52.1 Å². The van der Waals surface area contributed by atoms with E-state index in [1.54, 1.807) is 7.11 Å². The predicted octanol–water partition coefficient (Wildman–Crippen LogP) is 6.68. The lowest BCUT2D eigenvalue weighted by Gasteiger charge is -2.57. The smallest absolute Gasteiger partial charge is 0.141 e. The highest BCUT2D eigenvalue weighted by Crippen LogP contribution is 2.86. The topological polar surface area (TPSA) is 78.8 Å². The molecule has 5 nitrogen and oxygen atoms in total. The van der Waals surface area contributed by atoms with Crippen LogP contribution in [0.5, 0.6) is 0 Å². The summed E-state index contributed by atoms with van der Waals surface area (Å²) in [6.45, 7) is 7.12. The molecule has 0 aromatic heterocycles. The van der Waals surface area contributed by atoms with Crippen LogP contribution in [0.25, 0.3) is 0 Å². The normalized spacial score (nSPS) is 51.8. The summed E-state index contributed by atoms with van der Waals surface area (Å²) >= 11 is 0. The SMILES string of the molecule is CCc1ccc2cc1N[C@H]1[C@H](O)CCC[C@H]1SSC[C@@H]1C[C@]3(CC[C@@H]4C[C@@]5(C)[C@@]6(O)[C@@H](OC)CC(=O)[C@@H]6[C@H]4[C@]35C)C[C@H]1C2. The van der Waals surface area contributed by atoms with Crippen molar-refractivity contribution in [1.29, 1.82) is 0 Å². The van der Waals surface area contributed by atoms with E-state index in [0.717, 1.165) is 44.3 Å². The van der Waals surface area contributed by atoms with Gasteiger partial charge >= 0.3 is 0 Å². The minimum absolute atomic E-state index is 0.0642. The molecule has 3 N–H and O–H groups in total. The Balaban J connectivity index is 1.17. The Kier molecular flexibility index (Phi) is 6.99. The third kappa shape index (κ3) is 3.75. The van der Waals surface area contributed by atoms with Gasteiger partial charge in [-0.3, -0.25) is 4.79 Å². The van der Waals surface area contributed by atoms with Crippen molar-refractivity contribution in [3.05, 3.63) is 29.3 Å². The molecule has 0 unspecified atom stereocenters. The number of ketones is 1. The van der Waals surface area contributed by atoms with Gasteiger partial charge in [-0.05, 0) is 116 Å². The number of hydrogen-bond acceptors (Lipinski definition) is 7. The number of carbonyl (C=O) groups is 1. The molecule has 236 valence electrons. The summed E-state index contributed by atoms with van der Waals surface area (Å²) in [7, 11) is 5.78. The number of aliphatic hydroxyl groups excluding tert-OH is 1. The number of hydrogen-bond donors (Lipinski definition) is 3. The number of rotatable bonds is 2. The molecular formula is C36H51NO4S2. The van der Waals surface area contributed by atoms with Gasteiger partial charge in [0.1, 0.15) is 11.4 Å². The third-order valence-electron chi connectivity index (χ3n) is 14.9. The Hall–Kier alpha value is -0.730. The number of ether oxygens (including phenoxy) is 1. The number of carbonyl (C=O) groups excluding carboxylic acids is 1. The predicted molar refractivity (Wildman–Crippen MR) is 175 cm³/mol. The van der Waals surface area contributed by atoms with E-state index >= 15 is 0 Å². The minimum Gasteiger partial charge on any atom is -0.391 e. The summed E-state index contributed by atoms with van der Waals surface area (Å²) in [5.41, 5.74) is 2.71. The maximum absolute atomic E-state index is 13.6. The van der Waals surface area contributed by atoms with Gasteiger partial charge in [0.05, 0.1) is 24.2 Å². The highest BCUT2D eigenvalue weighted by Gasteiger charge is 2.87. The van der Waals surface area contributed by atoms with Crippen molar-refractivity contribution in [3.63, 3.8) is 0 Å². The van der Waals surface area contributed by atoms with Gasteiger partial charge in [-0.1, -0.05) is 54.5 Å². The Morgan fingerprint density at radius 3 is 2.67 bits per heavy atom. The van der Waals surface area contributed by atoms with Crippen molar-refractivity contribution in [2.75, 3.05) is 18.2 Å². The summed E-state index contributed by atoms with van der Waals surface area (Å²) in [6.07, 6.45) is 10.8. The zero-order valence-corrected chi connectivity index (χ0v) is 28.1. The van der Waals surface area contributed by atoms with E-state index in [0.29, 0.717) is 29.4 Å². The first-order valence-electron chi connectivity index (χ1n) is 17.2. The van der Waals surface area contributed by atoms with Crippen molar-refractivity contribution >= 4 is 33.1 Å². The van der Waals surface area contributed by atoms with Gasteiger partial charge < -0.3 is 20.3 Å². The Morgan fingerprint density at radius 2 is 1.88 bits per heavy atom. The quantitative estimate of drug-likeness (QED) is 0.316. The monoisotopic (exact) mass is 625 g/mol. The van der Waals surface area contributed by atoms with E-state index in [1.807, 2.05) is 10.8 Å². The average Bonchev–Trinajstić information content (AvgIpc) is 3.57. The van der Waals surface area contributed by atoms with E-state index < -0.39 is 5.60 Å². The lowest BCUT2D eigenvalue weighted by atomic mass is 9.48. The fourth-order valence-electron chi connectivity index (χ4n) is 13.0. The number of benzene rings is 1. The van der Waals surface area contributed by atoms with Crippen LogP contribution >= 0.6 is 21.6 Å². The lowest BCUT2D eigenvalue weighted by Crippen LogP contribution is -2.58. The molecule has 6 aliphatic carbocycles. The van der Waals surface area contributed by atoms with Gasteiger partial charge in [0, 0.05) is 35.6 Å². The number of nitrogens with one attached hydrogen (secondary N) is 1. The van der Waals surface area contributed by atoms with Gasteiger partial charge in [-0.15, -0.1) is 0 Å². The van der Waals surface area contributed by atoms with Gasteiger partial charge in [0.15, 0.2) is 0 Å². The zero-order valence-electron chi connectivity index (χ0n) is 26.4. The molecule has 6 bridgehead atoms. The number of anilines is 1. The average molecular weight is 626 g/mol. The van der Waals surface area contributed by atoms with Crippen LogP contribution in [0.4, 0.5) is 5.69 Å². The first-order chi connectivity index (χ1) is 20.6. The van der Waals surface area contributed by atoms with Crippen LogP contribution in [0.1, 0.15) is 89.7 Å². The first kappa shape index (κ1) is 29.7. The molecule has 1 heterocycles. The third-order valence-corrected chi connectivity index (χ3v) is 18.0. The maximum atomic E-state index is 13.6. The fourth-order valence-corrected chi connectivity index (χ4v) is 16.4. The van der Waals surface area contributed by atoms with Crippen LogP contribution in [-0.4, -0.2) is 58.0 Å². The van der Waals surface area contributed by atoms with Crippen LogP contribution in [0.2, 0.25) is 0 Å². The van der Waals surface area contributed by atoms with Crippen molar-refractivity contribution < 1.29 is 19.7 Å². The second-order valence-corrected chi connectivity index (χ2v) is 18.8. The molecule has 1 aromatic carbocycles. The summed E-state index contributed by atoms with van der Waals surface area (Å²) in [4.78, 5) is 13.6. The summed E-state index contributed by atoms with van der Waals surface area (Å²) < 4.78 is 5.93. The second kappa shape index (κ2) is 10.1.